The maximum absolute atomic E-state index is 13.1. The number of nitrogens with zero attached hydrogens (tertiary/aromatic N) is 1. The largest absolute Gasteiger partial charge is 0.491 e. The Morgan fingerprint density at radius 2 is 2.22 bits per heavy atom. The standard InChI is InChI=1S/C22H32N2O3/c1-5-12-26-22(11-7-8-16(3)14-22)21(25)24-20-10-9-19(13-18(20)15-23)27-17(4)6-2/h9-10,13,16-17H,5-8,11-12,14H2,1-4H3,(H,24,25)/t16-,17-,22+/m0/s1. The van der Waals surface area contributed by atoms with Crippen LogP contribution in [0.2, 0.25) is 0 Å². The summed E-state index contributed by atoms with van der Waals surface area (Å²) >= 11 is 0. The first-order valence-electron chi connectivity index (χ1n) is 10.1. The Morgan fingerprint density at radius 3 is 2.85 bits per heavy atom. The molecular weight excluding hydrogens is 340 g/mol. The Labute approximate surface area is 163 Å². The van der Waals surface area contributed by atoms with Crippen molar-refractivity contribution in [2.45, 2.75) is 77.9 Å². The number of hydrogen-bond acceptors (Lipinski definition) is 4. The average Bonchev–Trinajstić information content (AvgIpc) is 2.67. The summed E-state index contributed by atoms with van der Waals surface area (Å²) < 4.78 is 11.8. The minimum atomic E-state index is -0.799. The summed E-state index contributed by atoms with van der Waals surface area (Å²) in [6.45, 7) is 8.80. The molecule has 0 aromatic heterocycles. The summed E-state index contributed by atoms with van der Waals surface area (Å²) in [6.07, 6.45) is 5.37. The second-order valence-corrected chi connectivity index (χ2v) is 7.65. The Morgan fingerprint density at radius 1 is 1.44 bits per heavy atom. The van der Waals surface area contributed by atoms with E-state index in [1.54, 1.807) is 18.2 Å². The van der Waals surface area contributed by atoms with Crippen molar-refractivity contribution in [1.29, 1.82) is 5.26 Å². The van der Waals surface area contributed by atoms with Gasteiger partial charge in [0, 0.05) is 12.7 Å². The van der Waals surface area contributed by atoms with E-state index in [1.807, 2.05) is 20.8 Å². The van der Waals surface area contributed by atoms with Crippen LogP contribution in [0.15, 0.2) is 18.2 Å². The molecule has 1 fully saturated rings. The van der Waals surface area contributed by atoms with Gasteiger partial charge >= 0.3 is 0 Å². The summed E-state index contributed by atoms with van der Waals surface area (Å²) in [5.41, 5.74) is 0.113. The van der Waals surface area contributed by atoms with Gasteiger partial charge in [0.25, 0.3) is 5.91 Å². The highest BCUT2D eigenvalue weighted by atomic mass is 16.5. The number of rotatable bonds is 8. The molecule has 0 bridgehead atoms. The third-order valence-electron chi connectivity index (χ3n) is 5.22. The summed E-state index contributed by atoms with van der Waals surface area (Å²) in [5.74, 6) is 0.944. The van der Waals surface area contributed by atoms with Gasteiger partial charge < -0.3 is 14.8 Å². The van der Waals surface area contributed by atoms with Gasteiger partial charge in [-0.05, 0) is 57.1 Å². The van der Waals surface area contributed by atoms with Crippen LogP contribution in [-0.2, 0) is 9.53 Å². The van der Waals surface area contributed by atoms with E-state index in [9.17, 15) is 10.1 Å². The smallest absolute Gasteiger partial charge is 0.256 e. The van der Waals surface area contributed by atoms with Gasteiger partial charge in [0.1, 0.15) is 17.4 Å². The maximum Gasteiger partial charge on any atom is 0.256 e. The lowest BCUT2D eigenvalue weighted by Gasteiger charge is -2.38. The normalized spacial score (nSPS) is 23.3. The predicted octanol–water partition coefficient (Wildman–Crippen LogP) is 5.05. The number of carbonyl (C=O) groups excluding carboxylic acids is 1. The molecule has 148 valence electrons. The molecule has 0 aliphatic heterocycles. The van der Waals surface area contributed by atoms with Crippen LogP contribution < -0.4 is 10.1 Å². The van der Waals surface area contributed by atoms with Gasteiger partial charge in [-0.2, -0.15) is 5.26 Å². The van der Waals surface area contributed by atoms with Crippen molar-refractivity contribution in [1.82, 2.24) is 0 Å². The number of anilines is 1. The van der Waals surface area contributed by atoms with Crippen molar-refractivity contribution >= 4 is 11.6 Å². The van der Waals surface area contributed by atoms with Gasteiger partial charge in [0.15, 0.2) is 0 Å². The summed E-state index contributed by atoms with van der Waals surface area (Å²) in [4.78, 5) is 13.1. The molecule has 5 nitrogen and oxygen atoms in total. The van der Waals surface area contributed by atoms with Crippen molar-refractivity contribution in [3.05, 3.63) is 23.8 Å². The van der Waals surface area contributed by atoms with Crippen molar-refractivity contribution in [2.75, 3.05) is 11.9 Å². The van der Waals surface area contributed by atoms with Crippen molar-refractivity contribution < 1.29 is 14.3 Å². The van der Waals surface area contributed by atoms with Crippen LogP contribution in [0, 0.1) is 17.2 Å². The molecule has 1 amide bonds. The second kappa shape index (κ2) is 9.75. The summed E-state index contributed by atoms with van der Waals surface area (Å²) in [7, 11) is 0. The third kappa shape index (κ3) is 5.46. The van der Waals surface area contributed by atoms with Crippen molar-refractivity contribution in [3.8, 4) is 11.8 Å². The lowest BCUT2D eigenvalue weighted by Crippen LogP contribution is -2.48. The topological polar surface area (TPSA) is 71.3 Å². The Balaban J connectivity index is 2.20. The Bertz CT molecular complexity index is 683. The predicted molar refractivity (Wildman–Crippen MR) is 107 cm³/mol. The maximum atomic E-state index is 13.1. The van der Waals surface area contributed by atoms with E-state index in [4.69, 9.17) is 9.47 Å². The van der Waals surface area contributed by atoms with Gasteiger partial charge in [-0.1, -0.05) is 27.2 Å². The minimum absolute atomic E-state index is 0.0754. The monoisotopic (exact) mass is 372 g/mol. The zero-order valence-electron chi connectivity index (χ0n) is 17.0. The highest BCUT2D eigenvalue weighted by Gasteiger charge is 2.43. The van der Waals surface area contributed by atoms with Crippen molar-refractivity contribution in [3.63, 3.8) is 0 Å². The first-order chi connectivity index (χ1) is 12.9. The number of nitriles is 1. The molecule has 2 rings (SSSR count). The number of amides is 1. The fourth-order valence-corrected chi connectivity index (χ4v) is 3.55. The zero-order valence-corrected chi connectivity index (χ0v) is 17.0. The van der Waals surface area contributed by atoms with Crippen LogP contribution >= 0.6 is 0 Å². The van der Waals surface area contributed by atoms with Gasteiger partial charge in [-0.25, -0.2) is 0 Å². The molecule has 3 atom stereocenters. The van der Waals surface area contributed by atoms with E-state index >= 15 is 0 Å². The van der Waals surface area contributed by atoms with E-state index in [1.165, 1.54) is 0 Å². The highest BCUT2D eigenvalue weighted by Crippen LogP contribution is 2.37. The molecular formula is C22H32N2O3. The quantitative estimate of drug-likeness (QED) is 0.693. The van der Waals surface area contributed by atoms with E-state index in [0.29, 0.717) is 29.5 Å². The summed E-state index contributed by atoms with van der Waals surface area (Å²) in [5, 5.41) is 12.5. The molecule has 0 heterocycles. The Hall–Kier alpha value is -2.06. The van der Waals surface area contributed by atoms with Crippen LogP contribution in [0.4, 0.5) is 5.69 Å². The molecule has 1 aliphatic rings. The molecule has 27 heavy (non-hydrogen) atoms. The molecule has 1 aromatic rings. The highest BCUT2D eigenvalue weighted by molar-refractivity contribution is 5.98. The van der Waals surface area contributed by atoms with Crippen molar-refractivity contribution in [2.24, 2.45) is 5.92 Å². The van der Waals surface area contributed by atoms with E-state index in [-0.39, 0.29) is 12.0 Å². The molecule has 0 saturated heterocycles. The van der Waals surface area contributed by atoms with Gasteiger partial charge in [0.05, 0.1) is 17.4 Å². The van der Waals surface area contributed by atoms with E-state index in [0.717, 1.165) is 38.5 Å². The SMILES string of the molecule is CCCO[C@]1(C(=O)Nc2ccc(O[C@@H](C)CC)cc2C#N)CCC[C@H](C)C1. The second-order valence-electron chi connectivity index (χ2n) is 7.65. The number of ether oxygens (including phenoxy) is 2. The fraction of sp³-hybridized carbons (Fsp3) is 0.636. The number of carbonyl (C=O) groups is 1. The molecule has 0 unspecified atom stereocenters. The molecule has 0 radical (unpaired) electrons. The molecule has 5 heteroatoms. The van der Waals surface area contributed by atoms with Gasteiger partial charge in [-0.15, -0.1) is 0 Å². The van der Waals surface area contributed by atoms with Crippen LogP contribution in [0.25, 0.3) is 0 Å². The van der Waals surface area contributed by atoms with E-state index in [2.05, 4.69) is 18.3 Å². The summed E-state index contributed by atoms with van der Waals surface area (Å²) in [6, 6.07) is 7.39. The Kier molecular flexibility index (Phi) is 7.67. The minimum Gasteiger partial charge on any atom is -0.491 e. The lowest BCUT2D eigenvalue weighted by atomic mass is 9.78. The van der Waals surface area contributed by atoms with Crippen LogP contribution in [0.3, 0.4) is 0 Å². The van der Waals surface area contributed by atoms with Crippen LogP contribution in [-0.4, -0.2) is 24.2 Å². The van der Waals surface area contributed by atoms with Crippen LogP contribution in [0.1, 0.15) is 71.8 Å². The van der Waals surface area contributed by atoms with E-state index < -0.39 is 5.60 Å². The molecule has 1 N–H and O–H groups in total. The van der Waals surface area contributed by atoms with Gasteiger partial charge in [-0.3, -0.25) is 4.79 Å². The first-order valence-corrected chi connectivity index (χ1v) is 10.1. The third-order valence-corrected chi connectivity index (χ3v) is 5.22. The molecule has 1 aromatic carbocycles. The lowest BCUT2D eigenvalue weighted by molar-refractivity contribution is -0.148. The van der Waals surface area contributed by atoms with Crippen LogP contribution in [0.5, 0.6) is 5.75 Å². The fourth-order valence-electron chi connectivity index (χ4n) is 3.55. The first kappa shape index (κ1) is 21.2. The van der Waals surface area contributed by atoms with Gasteiger partial charge in [0.2, 0.25) is 0 Å². The number of nitrogens with one attached hydrogen (secondary N) is 1. The average molecular weight is 373 g/mol. The molecule has 0 spiro atoms. The molecule has 1 saturated carbocycles. The number of hydrogen-bond donors (Lipinski definition) is 1. The molecule has 1 aliphatic carbocycles. The number of benzene rings is 1. The zero-order chi connectivity index (χ0) is 19.9.